The number of rotatable bonds is 0. The minimum Gasteiger partial charge on any atom is -0.693 e. The van der Waals surface area contributed by atoms with Crippen LogP contribution < -0.4 is 0 Å². The van der Waals surface area contributed by atoms with Gasteiger partial charge < -0.3 is 29.8 Å². The molecule has 0 atom stereocenters. The molecular formula is H9N5O3Pt. The van der Waals surface area contributed by atoms with Crippen LogP contribution in [0.1, 0.15) is 0 Å². The van der Waals surface area contributed by atoms with Gasteiger partial charge in [0.15, 0.2) is 0 Å². The Morgan fingerprint density at radius 2 is 1.11 bits per heavy atom. The Balaban J connectivity index is -0.00000000450. The fourth-order valence-corrected chi connectivity index (χ4v) is 0. The maximum Gasteiger partial charge on any atom is 4.00 e. The summed E-state index contributed by atoms with van der Waals surface area (Å²) < 4.78 is 0. The van der Waals surface area contributed by atoms with Crippen LogP contribution in [-0.2, 0) is 21.1 Å². The van der Waals surface area contributed by atoms with Crippen molar-refractivity contribution >= 4 is 0 Å². The van der Waals surface area contributed by atoms with E-state index in [0.717, 1.165) is 0 Å². The Hall–Kier alpha value is -0.272. The molecule has 0 aliphatic carbocycles. The number of hydrogen-bond acceptors (Lipinski definition) is 2. The Kier molecular flexibility index (Phi) is 366. The van der Waals surface area contributed by atoms with Crippen LogP contribution in [-0.4, -0.2) is 10.3 Å². The zero-order chi connectivity index (χ0) is 3.58. The molecule has 8 nitrogen and oxygen atoms in total. The summed E-state index contributed by atoms with van der Waals surface area (Å²) in [6.07, 6.45) is 0. The Bertz CT molecular complexity index is 35.2. The first-order valence-corrected chi connectivity index (χ1v) is 0.565. The molecule has 0 spiro atoms. The monoisotopic (exact) mass is 322 g/mol. The van der Waals surface area contributed by atoms with Crippen molar-refractivity contribution in [1.29, 1.82) is 0 Å². The summed E-state index contributed by atoms with van der Waals surface area (Å²) in [7, 11) is 0. The van der Waals surface area contributed by atoms with Crippen molar-refractivity contribution in [3.63, 3.8) is 0 Å². The van der Waals surface area contributed by atoms with E-state index in [9.17, 15) is 0 Å². The van der Waals surface area contributed by atoms with Gasteiger partial charge in [0.1, 0.15) is 0 Å². The molecular weight excluding hydrogens is 313 g/mol. The van der Waals surface area contributed by atoms with E-state index in [1.165, 1.54) is 0 Å². The average Bonchev–Trinajstić information content (AvgIpc) is 0.811. The molecule has 0 aliphatic rings. The summed E-state index contributed by atoms with van der Waals surface area (Å²) in [4.78, 5) is 8.36. The van der Waals surface area contributed by atoms with Gasteiger partial charge in [-0.3, -0.25) is 0 Å². The molecule has 0 rings (SSSR count). The molecule has 0 amide bonds. The van der Waals surface area contributed by atoms with E-state index >= 15 is 0 Å². The van der Waals surface area contributed by atoms with Crippen molar-refractivity contribution < 1.29 is 31.4 Å². The van der Waals surface area contributed by atoms with Gasteiger partial charge in [-0.2, -0.15) is 0 Å². The van der Waals surface area contributed by atoms with Crippen molar-refractivity contribution in [1.82, 2.24) is 0 Å². The molecule has 0 heterocycles. The largest absolute Gasteiger partial charge is 4.00 e. The summed E-state index contributed by atoms with van der Waals surface area (Å²) in [6, 6.07) is 0. The van der Waals surface area contributed by atoms with Gasteiger partial charge in [-0.25, -0.2) is 0 Å². The first-order valence-electron chi connectivity index (χ1n) is 0.565. The second-order valence-electron chi connectivity index (χ2n) is 0.238. The quantitative estimate of drug-likeness (QED) is 0.528. The van der Waals surface area contributed by atoms with E-state index in [1.807, 2.05) is 0 Å². The van der Waals surface area contributed by atoms with E-state index in [0.29, 0.717) is 0 Å². The summed E-state index contributed by atoms with van der Waals surface area (Å²) in [5, 5.41) is 13.6. The first-order chi connectivity index (χ1) is 1.73. The third kappa shape index (κ3) is 3440. The summed E-state index contributed by atoms with van der Waals surface area (Å²) in [6.45, 7) is 0. The normalized spacial score (nSPS) is 2.67. The number of nitrogens with two attached hydrogens (primary N) is 4. The van der Waals surface area contributed by atoms with Gasteiger partial charge in [0, 0.05) is 0 Å². The van der Waals surface area contributed by atoms with Gasteiger partial charge in [0.2, 0.25) is 0 Å². The van der Waals surface area contributed by atoms with Crippen LogP contribution in [0.2, 0.25) is 0 Å². The minimum absolute atomic E-state index is 0. The SMILES string of the molecule is O=[N+]([O-])O.[NH2-].[NH2-].[NH2-].[NH2-].[Pt+4]. The van der Waals surface area contributed by atoms with Crippen molar-refractivity contribution in [3.05, 3.63) is 34.7 Å². The first kappa shape index (κ1) is 70.0. The van der Waals surface area contributed by atoms with Crippen molar-refractivity contribution in [2.45, 2.75) is 0 Å². The number of hydrogen-bond donors (Lipinski definition) is 1. The molecule has 0 saturated carbocycles. The van der Waals surface area contributed by atoms with Crippen LogP contribution in [0, 0.1) is 10.1 Å². The second-order valence-corrected chi connectivity index (χ2v) is 0.238. The van der Waals surface area contributed by atoms with Gasteiger partial charge in [-0.15, -0.1) is 10.1 Å². The summed E-state index contributed by atoms with van der Waals surface area (Å²) in [5.74, 6) is 0. The maximum absolute atomic E-state index is 8.36. The van der Waals surface area contributed by atoms with E-state index in [2.05, 4.69) is 0 Å². The predicted octanol–water partition coefficient (Wildman–Crippen LogP) is 2.52. The Morgan fingerprint density at radius 1 is 1.11 bits per heavy atom. The molecule has 0 radical (unpaired) electrons. The molecule has 9 heteroatoms. The van der Waals surface area contributed by atoms with Gasteiger partial charge in [-0.1, -0.05) is 0 Å². The zero-order valence-electron chi connectivity index (χ0n) is 4.34. The molecule has 0 aromatic heterocycles. The molecule has 0 aromatic carbocycles. The summed E-state index contributed by atoms with van der Waals surface area (Å²) in [5.41, 5.74) is 0. The third-order valence-electron chi connectivity index (χ3n) is 0. The maximum atomic E-state index is 8.36. The van der Waals surface area contributed by atoms with Gasteiger partial charge in [0.25, 0.3) is 5.09 Å². The topological polar surface area (TPSA) is 197 Å². The molecule has 0 unspecified atom stereocenters. The molecule has 62 valence electrons. The third-order valence-corrected chi connectivity index (χ3v) is 0. The van der Waals surface area contributed by atoms with Crippen LogP contribution in [0.15, 0.2) is 0 Å². The average molecular weight is 322 g/mol. The minimum atomic E-state index is -1.50. The van der Waals surface area contributed by atoms with Crippen LogP contribution in [0.3, 0.4) is 0 Å². The van der Waals surface area contributed by atoms with E-state index < -0.39 is 5.09 Å². The molecule has 0 aromatic rings. The van der Waals surface area contributed by atoms with Crippen LogP contribution in [0.4, 0.5) is 0 Å². The summed E-state index contributed by atoms with van der Waals surface area (Å²) >= 11 is 0. The van der Waals surface area contributed by atoms with Gasteiger partial charge >= 0.3 is 21.1 Å². The van der Waals surface area contributed by atoms with E-state index in [4.69, 9.17) is 15.3 Å². The van der Waals surface area contributed by atoms with Crippen molar-refractivity contribution in [2.24, 2.45) is 0 Å². The fraction of sp³-hybridized carbons (Fsp3) is 0. The van der Waals surface area contributed by atoms with Gasteiger partial charge in [-0.05, 0) is 0 Å². The standard InChI is InChI=1S/HNO3.4H2N.Pt/c2-1(3)4;;;;;/h(H,2,3,4);4*1H2;/q;4*-1;+4. The second kappa shape index (κ2) is 47.0. The van der Waals surface area contributed by atoms with Crippen molar-refractivity contribution in [2.75, 3.05) is 0 Å². The molecule has 9 heavy (non-hydrogen) atoms. The van der Waals surface area contributed by atoms with E-state index in [1.54, 1.807) is 0 Å². The molecule has 0 aliphatic heterocycles. The van der Waals surface area contributed by atoms with E-state index in [-0.39, 0.29) is 45.7 Å². The smallest absolute Gasteiger partial charge is 0.693 e. The molecule has 0 saturated heterocycles. The fourth-order valence-electron chi connectivity index (χ4n) is 0. The van der Waals surface area contributed by atoms with Crippen LogP contribution in [0.25, 0.3) is 24.6 Å². The zero-order valence-corrected chi connectivity index (χ0v) is 6.61. The van der Waals surface area contributed by atoms with Crippen molar-refractivity contribution in [3.8, 4) is 0 Å². The Morgan fingerprint density at radius 3 is 1.11 bits per heavy atom. The molecule has 0 fully saturated rings. The molecule has 9 N–H and O–H groups in total. The number of nitrogens with zero attached hydrogens (tertiary/aromatic N) is 1. The van der Waals surface area contributed by atoms with Gasteiger partial charge in [0.05, 0.1) is 0 Å². The Labute approximate surface area is 66.7 Å². The predicted molar refractivity (Wildman–Crippen MR) is 29.9 cm³/mol. The van der Waals surface area contributed by atoms with Crippen LogP contribution >= 0.6 is 0 Å². The molecule has 0 bridgehead atoms. The van der Waals surface area contributed by atoms with Crippen LogP contribution in [0.5, 0.6) is 0 Å².